The van der Waals surface area contributed by atoms with Crippen molar-refractivity contribution >= 4 is 17.6 Å². The van der Waals surface area contributed by atoms with Gasteiger partial charge in [-0.15, -0.1) is 0 Å². The lowest BCUT2D eigenvalue weighted by atomic mass is 9.81. The number of amides is 2. The summed E-state index contributed by atoms with van der Waals surface area (Å²) in [5.41, 5.74) is 5.38. The van der Waals surface area contributed by atoms with E-state index < -0.39 is 6.04 Å². The van der Waals surface area contributed by atoms with Crippen molar-refractivity contribution in [2.24, 2.45) is 7.05 Å². The number of hydrogen-bond donors (Lipinski definition) is 2. The van der Waals surface area contributed by atoms with Crippen LogP contribution < -0.4 is 10.6 Å². The molecule has 0 fully saturated rings. The van der Waals surface area contributed by atoms with E-state index in [1.165, 1.54) is 0 Å². The quantitative estimate of drug-likeness (QED) is 0.723. The number of carbonyl (C=O) groups is 2. The second-order valence-electron chi connectivity index (χ2n) is 7.67. The van der Waals surface area contributed by atoms with Crippen molar-refractivity contribution in [2.75, 3.05) is 5.32 Å². The third kappa shape index (κ3) is 3.42. The highest BCUT2D eigenvalue weighted by molar-refractivity contribution is 6.04. The van der Waals surface area contributed by atoms with Crippen LogP contribution in [0.4, 0.5) is 5.82 Å². The predicted molar refractivity (Wildman–Crippen MR) is 112 cm³/mol. The van der Waals surface area contributed by atoms with Gasteiger partial charge < -0.3 is 10.6 Å². The van der Waals surface area contributed by atoms with Crippen LogP contribution in [-0.2, 0) is 11.8 Å². The van der Waals surface area contributed by atoms with Crippen LogP contribution in [0.15, 0.2) is 48.5 Å². The monoisotopic (exact) mass is 388 g/mol. The average Bonchev–Trinajstić information content (AvgIpc) is 2.95. The number of benzene rings is 2. The van der Waals surface area contributed by atoms with Crippen molar-refractivity contribution in [3.63, 3.8) is 0 Å². The number of rotatable bonds is 3. The van der Waals surface area contributed by atoms with Crippen LogP contribution in [0.25, 0.3) is 0 Å². The van der Waals surface area contributed by atoms with Crippen LogP contribution in [-0.4, -0.2) is 27.6 Å². The lowest BCUT2D eigenvalue weighted by Gasteiger charge is -2.32. The molecule has 1 aromatic heterocycles. The molecule has 0 aliphatic carbocycles. The average molecular weight is 388 g/mol. The maximum atomic E-state index is 13.1. The van der Waals surface area contributed by atoms with Gasteiger partial charge in [0.1, 0.15) is 11.9 Å². The molecule has 148 valence electrons. The predicted octanol–water partition coefficient (Wildman–Crippen LogP) is 3.23. The Hall–Kier alpha value is -3.41. The zero-order valence-corrected chi connectivity index (χ0v) is 17.0. The van der Waals surface area contributed by atoms with Gasteiger partial charge in [0.2, 0.25) is 5.91 Å². The van der Waals surface area contributed by atoms with Crippen LogP contribution in [0, 0.1) is 20.8 Å². The molecular weight excluding hydrogens is 364 g/mol. The van der Waals surface area contributed by atoms with E-state index >= 15 is 0 Å². The number of nitrogens with one attached hydrogen (secondary N) is 2. The molecule has 6 nitrogen and oxygen atoms in total. The van der Waals surface area contributed by atoms with Crippen LogP contribution in [0.3, 0.4) is 0 Å². The largest absolute Gasteiger partial charge is 0.339 e. The van der Waals surface area contributed by atoms with E-state index in [9.17, 15) is 9.59 Å². The Morgan fingerprint density at radius 1 is 1.07 bits per heavy atom. The van der Waals surface area contributed by atoms with E-state index in [0.29, 0.717) is 11.4 Å². The first-order chi connectivity index (χ1) is 13.8. The van der Waals surface area contributed by atoms with Gasteiger partial charge >= 0.3 is 0 Å². The Labute approximate surface area is 169 Å². The number of aromatic nitrogens is 2. The van der Waals surface area contributed by atoms with Gasteiger partial charge in [0.05, 0.1) is 5.69 Å². The number of carbonyl (C=O) groups excluding carboxylic acids is 2. The molecule has 2 N–H and O–H groups in total. The number of nitrogens with zero attached hydrogens (tertiary/aromatic N) is 2. The molecule has 1 aliphatic rings. The number of anilines is 1. The molecule has 0 bridgehead atoms. The summed E-state index contributed by atoms with van der Waals surface area (Å²) in [6.45, 7) is 5.88. The van der Waals surface area contributed by atoms with E-state index in [1.54, 1.807) is 10.7 Å². The number of fused-ring (bicyclic) bond motifs is 1. The van der Waals surface area contributed by atoms with Crippen molar-refractivity contribution in [3.8, 4) is 0 Å². The van der Waals surface area contributed by atoms with Crippen molar-refractivity contribution < 1.29 is 9.59 Å². The van der Waals surface area contributed by atoms with Crippen molar-refractivity contribution in [1.29, 1.82) is 0 Å². The minimum Gasteiger partial charge on any atom is -0.339 e. The summed E-state index contributed by atoms with van der Waals surface area (Å²) in [7, 11) is 1.81. The Balaban J connectivity index is 1.79. The van der Waals surface area contributed by atoms with Crippen LogP contribution in [0.2, 0.25) is 0 Å². The Bertz CT molecular complexity index is 1120. The molecule has 0 spiro atoms. The molecule has 4 rings (SSSR count). The lowest BCUT2D eigenvalue weighted by molar-refractivity contribution is -0.118. The molecule has 2 aromatic carbocycles. The SMILES string of the molecule is Cc1cccc(C(=O)N[C@H]2C(=O)Nc3c(c(C)nn3C)[C@@H]2c2cccc(C)c2)c1. The first-order valence-corrected chi connectivity index (χ1v) is 9.63. The fourth-order valence-corrected chi connectivity index (χ4v) is 4.09. The van der Waals surface area contributed by atoms with Gasteiger partial charge in [-0.2, -0.15) is 5.10 Å². The maximum absolute atomic E-state index is 13.1. The summed E-state index contributed by atoms with van der Waals surface area (Å²) < 4.78 is 1.68. The van der Waals surface area contributed by atoms with Crippen LogP contribution in [0.5, 0.6) is 0 Å². The third-order valence-corrected chi connectivity index (χ3v) is 5.41. The summed E-state index contributed by atoms with van der Waals surface area (Å²) >= 11 is 0. The molecule has 0 radical (unpaired) electrons. The van der Waals surface area contributed by atoms with Crippen molar-refractivity contribution in [3.05, 3.63) is 82.0 Å². The van der Waals surface area contributed by atoms with E-state index in [0.717, 1.165) is 27.9 Å². The second kappa shape index (κ2) is 7.20. The summed E-state index contributed by atoms with van der Waals surface area (Å²) in [5.74, 6) is -0.148. The summed E-state index contributed by atoms with van der Waals surface area (Å²) in [6, 6.07) is 14.7. The van der Waals surface area contributed by atoms with E-state index in [2.05, 4.69) is 21.8 Å². The maximum Gasteiger partial charge on any atom is 0.251 e. The minimum atomic E-state index is -0.736. The summed E-state index contributed by atoms with van der Waals surface area (Å²) in [4.78, 5) is 26.0. The first-order valence-electron chi connectivity index (χ1n) is 9.63. The first kappa shape index (κ1) is 18.9. The van der Waals surface area contributed by atoms with Crippen molar-refractivity contribution in [1.82, 2.24) is 15.1 Å². The van der Waals surface area contributed by atoms with Gasteiger partial charge in [0, 0.05) is 24.1 Å². The van der Waals surface area contributed by atoms with E-state index in [4.69, 9.17) is 0 Å². The van der Waals surface area contributed by atoms with Gasteiger partial charge in [-0.05, 0) is 38.5 Å². The molecule has 2 atom stereocenters. The molecular formula is C23H24N4O2. The van der Waals surface area contributed by atoms with Gasteiger partial charge in [-0.1, -0.05) is 47.5 Å². The molecule has 0 saturated carbocycles. The Morgan fingerprint density at radius 3 is 2.45 bits per heavy atom. The molecule has 2 heterocycles. The fraction of sp³-hybridized carbons (Fsp3) is 0.261. The highest BCUT2D eigenvalue weighted by Gasteiger charge is 2.41. The summed E-state index contributed by atoms with van der Waals surface area (Å²) in [5, 5.41) is 10.4. The van der Waals surface area contributed by atoms with E-state index in [-0.39, 0.29) is 17.7 Å². The highest BCUT2D eigenvalue weighted by Crippen LogP contribution is 2.39. The van der Waals surface area contributed by atoms with Gasteiger partial charge in [0.25, 0.3) is 5.91 Å². The zero-order valence-electron chi connectivity index (χ0n) is 17.0. The lowest BCUT2D eigenvalue weighted by Crippen LogP contribution is -2.50. The zero-order chi connectivity index (χ0) is 20.7. The smallest absolute Gasteiger partial charge is 0.251 e. The molecule has 0 unspecified atom stereocenters. The molecule has 0 saturated heterocycles. The number of aryl methyl sites for hydroxylation is 4. The van der Waals surface area contributed by atoms with Gasteiger partial charge in [0.15, 0.2) is 0 Å². The third-order valence-electron chi connectivity index (χ3n) is 5.41. The van der Waals surface area contributed by atoms with Gasteiger partial charge in [-0.3, -0.25) is 14.3 Å². The topological polar surface area (TPSA) is 76.0 Å². The molecule has 1 aliphatic heterocycles. The molecule has 6 heteroatoms. The summed E-state index contributed by atoms with van der Waals surface area (Å²) in [6.07, 6.45) is 0. The molecule has 3 aromatic rings. The fourth-order valence-electron chi connectivity index (χ4n) is 4.09. The minimum absolute atomic E-state index is 0.243. The van der Waals surface area contributed by atoms with Crippen LogP contribution in [0.1, 0.15) is 44.2 Å². The normalized spacial score (nSPS) is 18.1. The van der Waals surface area contributed by atoms with Crippen LogP contribution >= 0.6 is 0 Å². The second-order valence-corrected chi connectivity index (χ2v) is 7.67. The van der Waals surface area contributed by atoms with E-state index in [1.807, 2.05) is 64.2 Å². The van der Waals surface area contributed by atoms with Gasteiger partial charge in [-0.25, -0.2) is 0 Å². The van der Waals surface area contributed by atoms with Crippen molar-refractivity contribution in [2.45, 2.75) is 32.7 Å². The molecule has 2 amide bonds. The highest BCUT2D eigenvalue weighted by atomic mass is 16.2. The Kier molecular flexibility index (Phi) is 4.70. The number of hydrogen-bond acceptors (Lipinski definition) is 3. The standard InChI is InChI=1S/C23H24N4O2/c1-13-7-5-9-16(11-13)19-18-15(3)26-27(4)21(18)25-23(29)20(19)24-22(28)17-10-6-8-14(2)12-17/h5-12,19-20H,1-4H3,(H,24,28)(H,25,29)/t19-,20+/m0/s1. The molecule has 29 heavy (non-hydrogen) atoms. The Morgan fingerprint density at radius 2 is 1.76 bits per heavy atom.